The van der Waals surface area contributed by atoms with Crippen LogP contribution in [0.4, 0.5) is 10.5 Å². The third-order valence-electron chi connectivity index (χ3n) is 3.62. The first-order valence-electron chi connectivity index (χ1n) is 6.79. The van der Waals surface area contributed by atoms with Crippen LogP contribution in [0.25, 0.3) is 0 Å². The number of amides is 2. The molecule has 1 aromatic rings. The molecule has 0 aliphatic heterocycles. The Labute approximate surface area is 119 Å². The second-order valence-electron chi connectivity index (χ2n) is 4.79. The molecule has 1 aromatic carbocycles. The van der Waals surface area contributed by atoms with Crippen LogP contribution in [0.3, 0.4) is 0 Å². The highest BCUT2D eigenvalue weighted by molar-refractivity contribution is 5.95. The standard InChI is InChI=1S/C15H22N2O3/c1-5-11(6-2)17(4)15(20)16-13-9-7-8-12(10(13)3)14(18)19/h7-9,11H,5-6H2,1-4H3,(H,16,20)(H,18,19). The van der Waals surface area contributed by atoms with Crippen molar-refractivity contribution in [2.45, 2.75) is 39.7 Å². The lowest BCUT2D eigenvalue weighted by Gasteiger charge is -2.26. The van der Waals surface area contributed by atoms with E-state index in [0.29, 0.717) is 11.3 Å². The second kappa shape index (κ2) is 6.93. The van der Waals surface area contributed by atoms with Gasteiger partial charge in [0.1, 0.15) is 0 Å². The van der Waals surface area contributed by atoms with Gasteiger partial charge in [-0.3, -0.25) is 0 Å². The predicted octanol–water partition coefficient (Wildman–Crippen LogP) is 3.35. The van der Waals surface area contributed by atoms with Crippen molar-refractivity contribution in [3.8, 4) is 0 Å². The maximum absolute atomic E-state index is 12.2. The van der Waals surface area contributed by atoms with Gasteiger partial charge in [-0.2, -0.15) is 0 Å². The Morgan fingerprint density at radius 1 is 1.30 bits per heavy atom. The van der Waals surface area contributed by atoms with E-state index < -0.39 is 5.97 Å². The molecule has 2 N–H and O–H groups in total. The second-order valence-corrected chi connectivity index (χ2v) is 4.79. The predicted molar refractivity (Wildman–Crippen MR) is 79.3 cm³/mol. The number of hydrogen-bond acceptors (Lipinski definition) is 2. The Morgan fingerprint density at radius 2 is 1.90 bits per heavy atom. The van der Waals surface area contributed by atoms with Gasteiger partial charge in [-0.1, -0.05) is 19.9 Å². The van der Waals surface area contributed by atoms with Crippen LogP contribution in [0.1, 0.15) is 42.6 Å². The molecule has 0 aliphatic rings. The molecule has 5 heteroatoms. The van der Waals surface area contributed by atoms with Crippen LogP contribution in [0, 0.1) is 6.92 Å². The molecule has 0 aliphatic carbocycles. The summed E-state index contributed by atoms with van der Waals surface area (Å²) in [4.78, 5) is 24.9. The van der Waals surface area contributed by atoms with Gasteiger partial charge < -0.3 is 15.3 Å². The molecular weight excluding hydrogens is 256 g/mol. The normalized spacial score (nSPS) is 10.4. The van der Waals surface area contributed by atoms with E-state index >= 15 is 0 Å². The molecule has 20 heavy (non-hydrogen) atoms. The summed E-state index contributed by atoms with van der Waals surface area (Å²) in [6.45, 7) is 5.76. The summed E-state index contributed by atoms with van der Waals surface area (Å²) in [5.41, 5.74) is 1.30. The molecule has 0 bridgehead atoms. The minimum Gasteiger partial charge on any atom is -0.478 e. The van der Waals surface area contributed by atoms with Crippen molar-refractivity contribution in [3.63, 3.8) is 0 Å². The van der Waals surface area contributed by atoms with Gasteiger partial charge >= 0.3 is 12.0 Å². The van der Waals surface area contributed by atoms with E-state index in [-0.39, 0.29) is 17.6 Å². The van der Waals surface area contributed by atoms with Gasteiger partial charge in [-0.25, -0.2) is 9.59 Å². The molecule has 0 heterocycles. The Hall–Kier alpha value is -2.04. The number of carboxylic acids is 1. The molecule has 5 nitrogen and oxygen atoms in total. The molecule has 0 aromatic heterocycles. The highest BCUT2D eigenvalue weighted by atomic mass is 16.4. The van der Waals surface area contributed by atoms with Crippen molar-refractivity contribution in [1.29, 1.82) is 0 Å². The number of carbonyl (C=O) groups excluding carboxylic acids is 1. The van der Waals surface area contributed by atoms with Crippen molar-refractivity contribution in [3.05, 3.63) is 29.3 Å². The fourth-order valence-corrected chi connectivity index (χ4v) is 2.21. The fourth-order valence-electron chi connectivity index (χ4n) is 2.21. The third kappa shape index (κ3) is 3.50. The molecule has 0 unspecified atom stereocenters. The summed E-state index contributed by atoms with van der Waals surface area (Å²) in [5, 5.41) is 11.9. The average molecular weight is 278 g/mol. The smallest absolute Gasteiger partial charge is 0.336 e. The van der Waals surface area contributed by atoms with Crippen molar-refractivity contribution >= 4 is 17.7 Å². The Balaban J connectivity index is 2.91. The van der Waals surface area contributed by atoms with E-state index in [0.717, 1.165) is 12.8 Å². The number of anilines is 1. The molecule has 0 radical (unpaired) electrons. The quantitative estimate of drug-likeness (QED) is 0.867. The average Bonchev–Trinajstić information content (AvgIpc) is 2.41. The van der Waals surface area contributed by atoms with Gasteiger partial charge in [-0.05, 0) is 37.5 Å². The topological polar surface area (TPSA) is 69.6 Å². The van der Waals surface area contributed by atoms with Crippen molar-refractivity contribution in [2.24, 2.45) is 0 Å². The zero-order valence-electron chi connectivity index (χ0n) is 12.4. The van der Waals surface area contributed by atoms with E-state index in [9.17, 15) is 9.59 Å². The minimum absolute atomic E-state index is 0.179. The summed E-state index contributed by atoms with van der Waals surface area (Å²) < 4.78 is 0. The lowest BCUT2D eigenvalue weighted by atomic mass is 10.1. The minimum atomic E-state index is -0.994. The SMILES string of the molecule is CCC(CC)N(C)C(=O)Nc1cccc(C(=O)O)c1C. The number of benzene rings is 1. The van der Waals surface area contributed by atoms with E-state index in [2.05, 4.69) is 5.32 Å². The molecular formula is C15H22N2O3. The first-order chi connectivity index (χ1) is 9.42. The van der Waals surface area contributed by atoms with Gasteiger partial charge in [0.2, 0.25) is 0 Å². The highest BCUT2D eigenvalue weighted by Crippen LogP contribution is 2.20. The van der Waals surface area contributed by atoms with E-state index in [4.69, 9.17) is 5.11 Å². The molecule has 0 atom stereocenters. The zero-order valence-corrected chi connectivity index (χ0v) is 12.4. The largest absolute Gasteiger partial charge is 0.478 e. The number of aromatic carboxylic acids is 1. The third-order valence-corrected chi connectivity index (χ3v) is 3.62. The molecule has 0 saturated carbocycles. The number of rotatable bonds is 5. The molecule has 0 saturated heterocycles. The van der Waals surface area contributed by atoms with Gasteiger partial charge in [0.05, 0.1) is 5.56 Å². The lowest BCUT2D eigenvalue weighted by Crippen LogP contribution is -2.39. The van der Waals surface area contributed by atoms with Crippen LogP contribution >= 0.6 is 0 Å². The van der Waals surface area contributed by atoms with E-state index in [1.54, 1.807) is 31.0 Å². The lowest BCUT2D eigenvalue weighted by molar-refractivity contribution is 0.0696. The Kier molecular flexibility index (Phi) is 5.55. The summed E-state index contributed by atoms with van der Waals surface area (Å²) in [6, 6.07) is 4.82. The van der Waals surface area contributed by atoms with Gasteiger partial charge in [0.15, 0.2) is 0 Å². The van der Waals surface area contributed by atoms with E-state index in [1.165, 1.54) is 6.07 Å². The molecule has 0 fully saturated rings. The fraction of sp³-hybridized carbons (Fsp3) is 0.467. The van der Waals surface area contributed by atoms with Crippen molar-refractivity contribution < 1.29 is 14.7 Å². The monoisotopic (exact) mass is 278 g/mol. The summed E-state index contributed by atoms with van der Waals surface area (Å²) in [5.74, 6) is -0.994. The number of nitrogens with zero attached hydrogens (tertiary/aromatic N) is 1. The van der Waals surface area contributed by atoms with Crippen LogP contribution in [0.2, 0.25) is 0 Å². The van der Waals surface area contributed by atoms with Gasteiger partial charge in [0.25, 0.3) is 0 Å². The summed E-state index contributed by atoms with van der Waals surface area (Å²) >= 11 is 0. The van der Waals surface area contributed by atoms with Crippen LogP contribution in [0.15, 0.2) is 18.2 Å². The molecule has 1 rings (SSSR count). The van der Waals surface area contributed by atoms with Crippen LogP contribution in [0.5, 0.6) is 0 Å². The number of hydrogen-bond donors (Lipinski definition) is 2. The first-order valence-corrected chi connectivity index (χ1v) is 6.79. The van der Waals surface area contributed by atoms with Crippen LogP contribution in [-0.2, 0) is 0 Å². The van der Waals surface area contributed by atoms with Crippen LogP contribution < -0.4 is 5.32 Å². The summed E-state index contributed by atoms with van der Waals surface area (Å²) in [6.07, 6.45) is 1.77. The molecule has 0 spiro atoms. The zero-order chi connectivity index (χ0) is 15.3. The number of carbonyl (C=O) groups is 2. The maximum atomic E-state index is 12.2. The number of carboxylic acid groups (broad SMARTS) is 1. The number of urea groups is 1. The highest BCUT2D eigenvalue weighted by Gasteiger charge is 2.18. The number of nitrogens with one attached hydrogen (secondary N) is 1. The summed E-state index contributed by atoms with van der Waals surface area (Å²) in [7, 11) is 1.75. The Morgan fingerprint density at radius 3 is 2.40 bits per heavy atom. The van der Waals surface area contributed by atoms with E-state index in [1.807, 2.05) is 13.8 Å². The van der Waals surface area contributed by atoms with Crippen LogP contribution in [-0.4, -0.2) is 35.1 Å². The van der Waals surface area contributed by atoms with Gasteiger partial charge in [-0.15, -0.1) is 0 Å². The molecule has 2 amide bonds. The molecule has 110 valence electrons. The Bertz CT molecular complexity index is 496. The van der Waals surface area contributed by atoms with Crippen molar-refractivity contribution in [1.82, 2.24) is 4.90 Å². The maximum Gasteiger partial charge on any atom is 0.336 e. The first kappa shape index (κ1) is 16.0. The van der Waals surface area contributed by atoms with Crippen molar-refractivity contribution in [2.75, 3.05) is 12.4 Å². The van der Waals surface area contributed by atoms with Gasteiger partial charge in [0, 0.05) is 18.8 Å².